The van der Waals surface area contributed by atoms with Crippen molar-refractivity contribution in [2.45, 2.75) is 0 Å². The van der Waals surface area contributed by atoms with Crippen molar-refractivity contribution < 1.29 is 9.90 Å². The molecule has 0 bridgehead atoms. The molecule has 0 heterocycles. The van der Waals surface area contributed by atoms with Gasteiger partial charge < -0.3 is 10.4 Å². The minimum absolute atomic E-state index is 0.0422. The number of thiocarbonyl (C=S) groups is 1. The molecule has 1 aromatic carbocycles. The molecule has 0 aliphatic rings. The Morgan fingerprint density at radius 2 is 2.07 bits per heavy atom. The van der Waals surface area contributed by atoms with Crippen molar-refractivity contribution in [3.8, 4) is 0 Å². The van der Waals surface area contributed by atoms with Gasteiger partial charge in [0.2, 0.25) is 0 Å². The van der Waals surface area contributed by atoms with Crippen LogP contribution in [0.4, 0.5) is 5.69 Å². The molecule has 0 aromatic heterocycles. The molecule has 1 rings (SSSR count). The molecule has 1 aromatic rings. The van der Waals surface area contributed by atoms with Crippen molar-refractivity contribution >= 4 is 51.6 Å². The first-order chi connectivity index (χ1) is 7.08. The lowest BCUT2D eigenvalue weighted by Gasteiger charge is -2.05. The summed E-state index contributed by atoms with van der Waals surface area (Å²) in [7, 11) is 0. The maximum absolute atomic E-state index is 10.3. The number of hydrogen-bond acceptors (Lipinski definition) is 3. The highest BCUT2D eigenvalue weighted by Crippen LogP contribution is 2.15. The van der Waals surface area contributed by atoms with Gasteiger partial charge in [0.05, 0.1) is 5.75 Å². The zero-order chi connectivity index (χ0) is 11.3. The van der Waals surface area contributed by atoms with Gasteiger partial charge in [-0.3, -0.25) is 4.79 Å². The Kier molecular flexibility index (Phi) is 4.87. The molecule has 0 fully saturated rings. The van der Waals surface area contributed by atoms with Gasteiger partial charge in [0.15, 0.2) is 0 Å². The first-order valence-electron chi connectivity index (χ1n) is 3.99. The predicted octanol–water partition coefficient (Wildman–Crippen LogP) is 2.85. The van der Waals surface area contributed by atoms with Crippen molar-refractivity contribution in [3.63, 3.8) is 0 Å². The van der Waals surface area contributed by atoms with Gasteiger partial charge in [-0.15, -0.1) is 0 Å². The van der Waals surface area contributed by atoms with Gasteiger partial charge in [0.25, 0.3) is 0 Å². The van der Waals surface area contributed by atoms with Gasteiger partial charge in [0.1, 0.15) is 4.32 Å². The number of rotatable bonds is 3. The second-order valence-electron chi connectivity index (χ2n) is 2.60. The Morgan fingerprint density at radius 1 is 1.47 bits per heavy atom. The van der Waals surface area contributed by atoms with Crippen LogP contribution in [0.15, 0.2) is 24.3 Å². The Balaban J connectivity index is 2.44. The topological polar surface area (TPSA) is 49.3 Å². The number of thioether (sulfide) groups is 1. The van der Waals surface area contributed by atoms with Crippen LogP contribution in [0.1, 0.15) is 0 Å². The molecule has 0 saturated carbocycles. The average Bonchev–Trinajstić information content (AvgIpc) is 2.19. The number of carbonyl (C=O) groups is 1. The highest BCUT2D eigenvalue weighted by molar-refractivity contribution is 8.23. The van der Waals surface area contributed by atoms with Gasteiger partial charge in [-0.05, 0) is 24.3 Å². The highest BCUT2D eigenvalue weighted by atomic mass is 35.5. The van der Waals surface area contributed by atoms with E-state index in [9.17, 15) is 4.79 Å². The summed E-state index contributed by atoms with van der Waals surface area (Å²) < 4.78 is 0.430. The summed E-state index contributed by atoms with van der Waals surface area (Å²) in [4.78, 5) is 10.3. The lowest BCUT2D eigenvalue weighted by molar-refractivity contribution is -0.133. The van der Waals surface area contributed by atoms with E-state index in [1.54, 1.807) is 24.3 Å². The van der Waals surface area contributed by atoms with E-state index in [0.717, 1.165) is 17.4 Å². The zero-order valence-corrected chi connectivity index (χ0v) is 9.96. The van der Waals surface area contributed by atoms with Crippen LogP contribution in [0.25, 0.3) is 0 Å². The maximum Gasteiger partial charge on any atom is 0.313 e. The number of benzene rings is 1. The van der Waals surface area contributed by atoms with Crippen molar-refractivity contribution in [1.82, 2.24) is 0 Å². The molecule has 2 N–H and O–H groups in total. The smallest absolute Gasteiger partial charge is 0.313 e. The van der Waals surface area contributed by atoms with Crippen LogP contribution in [-0.2, 0) is 4.79 Å². The summed E-state index contributed by atoms with van der Waals surface area (Å²) in [6, 6.07) is 7.01. The van der Waals surface area contributed by atoms with Crippen LogP contribution in [0.3, 0.4) is 0 Å². The van der Waals surface area contributed by atoms with E-state index < -0.39 is 5.97 Å². The summed E-state index contributed by atoms with van der Waals surface area (Å²) in [5.41, 5.74) is 0.794. The Labute approximate surface area is 102 Å². The molecule has 0 atom stereocenters. The van der Waals surface area contributed by atoms with E-state index >= 15 is 0 Å². The number of carboxylic acids is 1. The molecule has 0 aliphatic carbocycles. The molecule has 80 valence electrons. The van der Waals surface area contributed by atoms with Crippen molar-refractivity contribution in [1.29, 1.82) is 0 Å². The average molecular weight is 262 g/mol. The summed E-state index contributed by atoms with van der Waals surface area (Å²) in [5, 5.41) is 12.0. The Bertz CT molecular complexity index is 367. The lowest BCUT2D eigenvalue weighted by Crippen LogP contribution is -2.08. The normalized spacial score (nSPS) is 9.67. The van der Waals surface area contributed by atoms with E-state index in [1.807, 2.05) is 0 Å². The first kappa shape index (κ1) is 12.3. The van der Waals surface area contributed by atoms with Crippen LogP contribution < -0.4 is 5.32 Å². The van der Waals surface area contributed by atoms with E-state index in [2.05, 4.69) is 5.32 Å². The zero-order valence-electron chi connectivity index (χ0n) is 7.57. The third-order valence-corrected chi connectivity index (χ3v) is 2.88. The number of hydrogen-bond donors (Lipinski definition) is 2. The number of anilines is 1. The molecule has 0 spiro atoms. The second kappa shape index (κ2) is 5.95. The van der Waals surface area contributed by atoms with Gasteiger partial charge in [-0.25, -0.2) is 0 Å². The van der Waals surface area contributed by atoms with Crippen molar-refractivity contribution in [3.05, 3.63) is 29.3 Å². The summed E-state index contributed by atoms with van der Waals surface area (Å²) >= 11 is 11.7. The SMILES string of the molecule is O=C(O)CSC(=S)Nc1ccc(Cl)cc1. The van der Waals surface area contributed by atoms with Crippen LogP contribution in [0.5, 0.6) is 0 Å². The highest BCUT2D eigenvalue weighted by Gasteiger charge is 2.02. The monoisotopic (exact) mass is 261 g/mol. The molecular formula is C9H8ClNO2S2. The molecule has 6 heteroatoms. The quantitative estimate of drug-likeness (QED) is 0.820. The summed E-state index contributed by atoms with van der Waals surface area (Å²) in [6.45, 7) is 0. The fraction of sp³-hybridized carbons (Fsp3) is 0.111. The van der Waals surface area contributed by atoms with Gasteiger partial charge in [-0.1, -0.05) is 35.6 Å². The van der Waals surface area contributed by atoms with Crippen molar-refractivity contribution in [2.75, 3.05) is 11.1 Å². The first-order valence-corrected chi connectivity index (χ1v) is 5.76. The fourth-order valence-electron chi connectivity index (χ4n) is 0.814. The Hall–Kier alpha value is -0.780. The third-order valence-electron chi connectivity index (χ3n) is 1.42. The molecule has 15 heavy (non-hydrogen) atoms. The van der Waals surface area contributed by atoms with Crippen LogP contribution in [-0.4, -0.2) is 21.1 Å². The number of halogens is 1. The van der Waals surface area contributed by atoms with E-state index in [-0.39, 0.29) is 5.75 Å². The standard InChI is InChI=1S/C9H8ClNO2S2/c10-6-1-3-7(4-2-6)11-9(14)15-5-8(12)13/h1-4H,5H2,(H,11,14)(H,12,13). The lowest BCUT2D eigenvalue weighted by atomic mass is 10.3. The molecular weight excluding hydrogens is 254 g/mol. The Morgan fingerprint density at radius 3 is 2.60 bits per heavy atom. The molecule has 0 saturated heterocycles. The van der Waals surface area contributed by atoms with Gasteiger partial charge >= 0.3 is 5.97 Å². The minimum atomic E-state index is -0.889. The second-order valence-corrected chi connectivity index (χ2v) is 4.69. The van der Waals surface area contributed by atoms with Gasteiger partial charge in [0, 0.05) is 10.7 Å². The van der Waals surface area contributed by atoms with E-state index in [4.69, 9.17) is 28.9 Å². The van der Waals surface area contributed by atoms with Crippen LogP contribution in [0.2, 0.25) is 5.02 Å². The number of nitrogens with one attached hydrogen (secondary N) is 1. The van der Waals surface area contributed by atoms with Crippen LogP contribution >= 0.6 is 35.6 Å². The number of carboxylic acid groups (broad SMARTS) is 1. The van der Waals surface area contributed by atoms with Crippen LogP contribution in [0, 0.1) is 0 Å². The minimum Gasteiger partial charge on any atom is -0.481 e. The predicted molar refractivity (Wildman–Crippen MR) is 67.8 cm³/mol. The van der Waals surface area contributed by atoms with Crippen molar-refractivity contribution in [2.24, 2.45) is 0 Å². The molecule has 3 nitrogen and oxygen atoms in total. The third kappa shape index (κ3) is 5.01. The van der Waals surface area contributed by atoms with E-state index in [1.165, 1.54) is 0 Å². The molecule has 0 amide bonds. The van der Waals surface area contributed by atoms with E-state index in [0.29, 0.717) is 9.34 Å². The molecule has 0 radical (unpaired) electrons. The molecule has 0 unspecified atom stereocenters. The molecule has 0 aliphatic heterocycles. The maximum atomic E-state index is 10.3. The number of aliphatic carboxylic acids is 1. The fourth-order valence-corrected chi connectivity index (χ4v) is 1.68. The summed E-state index contributed by atoms with van der Waals surface area (Å²) in [6.07, 6.45) is 0. The summed E-state index contributed by atoms with van der Waals surface area (Å²) in [5.74, 6) is -0.931. The van der Waals surface area contributed by atoms with Gasteiger partial charge in [-0.2, -0.15) is 0 Å². The largest absolute Gasteiger partial charge is 0.481 e.